The Balaban J connectivity index is 2.31. The predicted molar refractivity (Wildman–Crippen MR) is 74.1 cm³/mol. The molecule has 18 heavy (non-hydrogen) atoms. The SMILES string of the molecule is CCc1cccc2c(SCCC(=O)O)ccnc12. The first-order valence-electron chi connectivity index (χ1n) is 5.93. The summed E-state index contributed by atoms with van der Waals surface area (Å²) in [5.41, 5.74) is 2.26. The Morgan fingerprint density at radius 2 is 2.22 bits per heavy atom. The number of hydrogen-bond acceptors (Lipinski definition) is 3. The van der Waals surface area contributed by atoms with Crippen LogP contribution in [0.3, 0.4) is 0 Å². The van der Waals surface area contributed by atoms with Crippen LogP contribution in [0.25, 0.3) is 10.9 Å². The molecule has 0 atom stereocenters. The number of aromatic nitrogens is 1. The fraction of sp³-hybridized carbons (Fsp3) is 0.286. The van der Waals surface area contributed by atoms with Gasteiger partial charge in [-0.3, -0.25) is 9.78 Å². The molecule has 2 rings (SSSR count). The molecule has 2 aromatic rings. The maximum absolute atomic E-state index is 10.5. The van der Waals surface area contributed by atoms with Gasteiger partial charge in [-0.15, -0.1) is 11.8 Å². The molecule has 4 heteroatoms. The minimum atomic E-state index is -0.755. The lowest BCUT2D eigenvalue weighted by Gasteiger charge is -2.07. The Morgan fingerprint density at radius 1 is 1.39 bits per heavy atom. The molecule has 1 heterocycles. The largest absolute Gasteiger partial charge is 0.481 e. The van der Waals surface area contributed by atoms with Crippen molar-refractivity contribution in [1.29, 1.82) is 0 Å². The van der Waals surface area contributed by atoms with E-state index < -0.39 is 5.97 Å². The summed E-state index contributed by atoms with van der Waals surface area (Å²) in [7, 11) is 0. The van der Waals surface area contributed by atoms with Gasteiger partial charge in [0.2, 0.25) is 0 Å². The lowest BCUT2D eigenvalue weighted by atomic mass is 10.1. The van der Waals surface area contributed by atoms with Crippen LogP contribution in [0.1, 0.15) is 18.9 Å². The van der Waals surface area contributed by atoms with Crippen molar-refractivity contribution >= 4 is 28.6 Å². The van der Waals surface area contributed by atoms with Gasteiger partial charge in [0, 0.05) is 22.2 Å². The smallest absolute Gasteiger partial charge is 0.304 e. The molecule has 0 aliphatic carbocycles. The average Bonchev–Trinajstić information content (AvgIpc) is 2.38. The van der Waals surface area contributed by atoms with Crippen molar-refractivity contribution in [3.63, 3.8) is 0 Å². The van der Waals surface area contributed by atoms with Crippen molar-refractivity contribution < 1.29 is 9.90 Å². The molecule has 0 amide bonds. The third kappa shape index (κ3) is 2.82. The molecule has 0 aliphatic heterocycles. The summed E-state index contributed by atoms with van der Waals surface area (Å²) in [6, 6.07) is 8.12. The summed E-state index contributed by atoms with van der Waals surface area (Å²) in [5, 5.41) is 9.78. The number of pyridine rings is 1. The van der Waals surface area contributed by atoms with Gasteiger partial charge >= 0.3 is 5.97 Å². The van der Waals surface area contributed by atoms with E-state index in [0.29, 0.717) is 5.75 Å². The van der Waals surface area contributed by atoms with E-state index >= 15 is 0 Å². The standard InChI is InChI=1S/C14H15NO2S/c1-2-10-4-3-5-11-12(6-8-15-14(10)11)18-9-7-13(16)17/h3-6,8H,2,7,9H2,1H3,(H,16,17). The van der Waals surface area contributed by atoms with Gasteiger partial charge in [0.25, 0.3) is 0 Å². The van der Waals surface area contributed by atoms with E-state index in [9.17, 15) is 4.79 Å². The average molecular weight is 261 g/mol. The van der Waals surface area contributed by atoms with Crippen LogP contribution in [0.4, 0.5) is 0 Å². The van der Waals surface area contributed by atoms with E-state index in [1.807, 2.05) is 18.2 Å². The molecule has 0 unspecified atom stereocenters. The Bertz CT molecular complexity index is 569. The molecule has 0 spiro atoms. The van der Waals surface area contributed by atoms with E-state index in [1.165, 1.54) is 5.56 Å². The molecule has 1 aromatic heterocycles. The zero-order valence-electron chi connectivity index (χ0n) is 10.2. The van der Waals surface area contributed by atoms with Crippen LogP contribution in [0.5, 0.6) is 0 Å². The van der Waals surface area contributed by atoms with Crippen LogP contribution in [0.15, 0.2) is 35.4 Å². The third-order valence-corrected chi connectivity index (χ3v) is 3.84. The van der Waals surface area contributed by atoms with Crippen LogP contribution < -0.4 is 0 Å². The lowest BCUT2D eigenvalue weighted by molar-refractivity contribution is -0.136. The van der Waals surface area contributed by atoms with Gasteiger partial charge in [0.15, 0.2) is 0 Å². The maximum Gasteiger partial charge on any atom is 0.304 e. The summed E-state index contributed by atoms with van der Waals surface area (Å²) in [6.07, 6.45) is 2.93. The van der Waals surface area contributed by atoms with Crippen molar-refractivity contribution in [3.8, 4) is 0 Å². The molecule has 1 aromatic carbocycles. The number of carboxylic acids is 1. The fourth-order valence-electron chi connectivity index (χ4n) is 1.87. The monoisotopic (exact) mass is 261 g/mol. The van der Waals surface area contributed by atoms with Crippen LogP contribution in [-0.4, -0.2) is 21.8 Å². The van der Waals surface area contributed by atoms with E-state index in [0.717, 1.165) is 22.2 Å². The van der Waals surface area contributed by atoms with Gasteiger partial charge in [-0.1, -0.05) is 25.1 Å². The highest BCUT2D eigenvalue weighted by Crippen LogP contribution is 2.28. The van der Waals surface area contributed by atoms with Crippen LogP contribution in [0, 0.1) is 0 Å². The number of carbonyl (C=O) groups is 1. The van der Waals surface area contributed by atoms with Gasteiger partial charge in [0.1, 0.15) is 0 Å². The maximum atomic E-state index is 10.5. The molecular weight excluding hydrogens is 246 g/mol. The Labute approximate surface area is 110 Å². The molecule has 1 N–H and O–H groups in total. The first kappa shape index (κ1) is 12.9. The lowest BCUT2D eigenvalue weighted by Crippen LogP contribution is -1.96. The molecule has 0 saturated carbocycles. The molecule has 0 radical (unpaired) electrons. The van der Waals surface area contributed by atoms with Gasteiger partial charge in [-0.05, 0) is 18.1 Å². The van der Waals surface area contributed by atoms with Crippen molar-refractivity contribution in [3.05, 3.63) is 36.0 Å². The van der Waals surface area contributed by atoms with Gasteiger partial charge in [0.05, 0.1) is 11.9 Å². The fourth-order valence-corrected chi connectivity index (χ4v) is 2.85. The topological polar surface area (TPSA) is 50.2 Å². The van der Waals surface area contributed by atoms with Gasteiger partial charge in [-0.25, -0.2) is 0 Å². The van der Waals surface area contributed by atoms with Crippen molar-refractivity contribution in [2.45, 2.75) is 24.7 Å². The number of aryl methyl sites for hydroxylation is 1. The number of para-hydroxylation sites is 1. The first-order chi connectivity index (χ1) is 8.72. The van der Waals surface area contributed by atoms with Crippen molar-refractivity contribution in [1.82, 2.24) is 4.98 Å². The Morgan fingerprint density at radius 3 is 2.94 bits per heavy atom. The summed E-state index contributed by atoms with van der Waals surface area (Å²) in [4.78, 5) is 16.1. The van der Waals surface area contributed by atoms with Crippen LogP contribution >= 0.6 is 11.8 Å². The molecule has 0 fully saturated rings. The number of fused-ring (bicyclic) bond motifs is 1. The number of thioether (sulfide) groups is 1. The van der Waals surface area contributed by atoms with Gasteiger partial charge < -0.3 is 5.11 Å². The first-order valence-corrected chi connectivity index (χ1v) is 6.92. The zero-order chi connectivity index (χ0) is 13.0. The number of nitrogens with zero attached hydrogens (tertiary/aromatic N) is 1. The van der Waals surface area contributed by atoms with E-state index in [-0.39, 0.29) is 6.42 Å². The summed E-state index contributed by atoms with van der Waals surface area (Å²) < 4.78 is 0. The third-order valence-electron chi connectivity index (χ3n) is 2.77. The summed E-state index contributed by atoms with van der Waals surface area (Å²) >= 11 is 1.58. The quantitative estimate of drug-likeness (QED) is 0.838. The van der Waals surface area contributed by atoms with E-state index in [2.05, 4.69) is 18.0 Å². The molecule has 3 nitrogen and oxygen atoms in total. The minimum Gasteiger partial charge on any atom is -0.481 e. The Hall–Kier alpha value is -1.55. The molecule has 94 valence electrons. The van der Waals surface area contributed by atoms with E-state index in [1.54, 1.807) is 18.0 Å². The second-order valence-electron chi connectivity index (χ2n) is 3.97. The number of carboxylic acid groups (broad SMARTS) is 1. The highest BCUT2D eigenvalue weighted by atomic mass is 32.2. The predicted octanol–water partition coefficient (Wildman–Crippen LogP) is 3.36. The van der Waals surface area contributed by atoms with Crippen molar-refractivity contribution in [2.24, 2.45) is 0 Å². The van der Waals surface area contributed by atoms with Crippen molar-refractivity contribution in [2.75, 3.05) is 5.75 Å². The molecular formula is C14H15NO2S. The summed E-state index contributed by atoms with van der Waals surface area (Å²) in [6.45, 7) is 2.11. The number of aliphatic carboxylic acids is 1. The number of benzene rings is 1. The zero-order valence-corrected chi connectivity index (χ0v) is 11.0. The second-order valence-corrected chi connectivity index (χ2v) is 5.10. The Kier molecular flexibility index (Phi) is 4.20. The van der Waals surface area contributed by atoms with Crippen LogP contribution in [0.2, 0.25) is 0 Å². The highest BCUT2D eigenvalue weighted by molar-refractivity contribution is 7.99. The molecule has 0 aliphatic rings. The minimum absolute atomic E-state index is 0.182. The van der Waals surface area contributed by atoms with E-state index in [4.69, 9.17) is 5.11 Å². The molecule has 0 saturated heterocycles. The summed E-state index contributed by atoms with van der Waals surface area (Å²) in [5.74, 6) is -0.166. The normalized spacial score (nSPS) is 10.7. The number of hydrogen-bond donors (Lipinski definition) is 1. The molecule has 0 bridgehead atoms. The van der Waals surface area contributed by atoms with Crippen LogP contribution in [-0.2, 0) is 11.2 Å². The second kappa shape index (κ2) is 5.87. The highest BCUT2D eigenvalue weighted by Gasteiger charge is 2.06. The van der Waals surface area contributed by atoms with Gasteiger partial charge in [-0.2, -0.15) is 0 Å². The number of rotatable bonds is 5.